The first-order valence-electron chi connectivity index (χ1n) is 15.6. The second-order valence-electron chi connectivity index (χ2n) is 12.8. The van der Waals surface area contributed by atoms with Crippen molar-refractivity contribution >= 4 is 52.8 Å². The Hall–Kier alpha value is -3.81. The lowest BCUT2D eigenvalue weighted by Gasteiger charge is -2.57. The smallest absolute Gasteiger partial charge is 0.335 e. The number of benzene rings is 3. The predicted octanol–water partition coefficient (Wildman–Crippen LogP) is 8.11. The Balaban J connectivity index is 1.14. The Morgan fingerprint density at radius 1 is 0.889 bits per heavy atom. The van der Waals surface area contributed by atoms with Gasteiger partial charge >= 0.3 is 6.03 Å². The molecule has 1 saturated heterocycles. The van der Waals surface area contributed by atoms with Gasteiger partial charge in [-0.15, -0.1) is 0 Å². The zero-order valence-electron chi connectivity index (χ0n) is 25.0. The Bertz CT molecular complexity index is 1680. The van der Waals surface area contributed by atoms with Crippen molar-refractivity contribution in [2.45, 2.75) is 57.5 Å². The molecular formula is C36H34Cl2N2O5. The van der Waals surface area contributed by atoms with E-state index in [9.17, 15) is 14.4 Å². The highest BCUT2D eigenvalue weighted by atomic mass is 35.5. The number of barbiturate groups is 1. The third kappa shape index (κ3) is 5.61. The zero-order valence-corrected chi connectivity index (χ0v) is 26.5. The van der Waals surface area contributed by atoms with Crippen LogP contribution in [0.4, 0.5) is 10.5 Å². The number of imide groups is 2. The van der Waals surface area contributed by atoms with Gasteiger partial charge in [0.2, 0.25) is 0 Å². The molecule has 0 atom stereocenters. The number of anilines is 1. The fourth-order valence-electron chi connectivity index (χ4n) is 8.33. The zero-order chi connectivity index (χ0) is 31.3. The average molecular weight is 646 g/mol. The molecule has 3 aromatic carbocycles. The highest BCUT2D eigenvalue weighted by Gasteiger charge is 2.51. The molecule has 4 amide bonds. The molecule has 1 heterocycles. The Morgan fingerprint density at radius 2 is 1.56 bits per heavy atom. The first-order valence-corrected chi connectivity index (χ1v) is 16.3. The second kappa shape index (κ2) is 11.8. The van der Waals surface area contributed by atoms with Crippen LogP contribution < -0.4 is 19.7 Å². The number of nitrogens with zero attached hydrogens (tertiary/aromatic N) is 1. The topological polar surface area (TPSA) is 84.9 Å². The van der Waals surface area contributed by atoms with Gasteiger partial charge in [0.1, 0.15) is 12.2 Å². The molecule has 232 valence electrons. The van der Waals surface area contributed by atoms with Crippen LogP contribution in [-0.4, -0.2) is 24.5 Å². The van der Waals surface area contributed by atoms with Crippen LogP contribution in [-0.2, 0) is 21.6 Å². The lowest BCUT2D eigenvalue weighted by atomic mass is 9.48. The molecular weight excluding hydrogens is 611 g/mol. The SMILES string of the molecule is CCOc1cc(/C=C2\C(=O)NC(=O)N(c3ccc(C45CC6CC(CC(C6)C4)C5)cc3)C2=O)cc(Cl)c1OCc1ccccc1Cl. The van der Waals surface area contributed by atoms with Gasteiger partial charge in [0.05, 0.1) is 17.3 Å². The van der Waals surface area contributed by atoms with Gasteiger partial charge in [-0.05, 0) is 116 Å². The van der Waals surface area contributed by atoms with Crippen LogP contribution in [0.1, 0.15) is 62.1 Å². The van der Waals surface area contributed by atoms with Crippen LogP contribution in [0, 0.1) is 17.8 Å². The van der Waals surface area contributed by atoms with Gasteiger partial charge < -0.3 is 9.47 Å². The number of ether oxygens (including phenoxy) is 2. The first-order chi connectivity index (χ1) is 21.7. The van der Waals surface area contributed by atoms with Crippen LogP contribution in [0.2, 0.25) is 10.0 Å². The van der Waals surface area contributed by atoms with Gasteiger partial charge in [0, 0.05) is 10.6 Å². The second-order valence-corrected chi connectivity index (χ2v) is 13.7. The summed E-state index contributed by atoms with van der Waals surface area (Å²) in [6.45, 7) is 2.33. The molecule has 0 unspecified atom stereocenters. The lowest BCUT2D eigenvalue weighted by Crippen LogP contribution is -2.54. The van der Waals surface area contributed by atoms with E-state index in [2.05, 4.69) is 17.4 Å². The fraction of sp³-hybridized carbons (Fsp3) is 0.361. The van der Waals surface area contributed by atoms with Crippen molar-refractivity contribution in [3.05, 3.63) is 93.0 Å². The first kappa shape index (κ1) is 29.9. The molecule has 4 bridgehead atoms. The number of nitrogens with one attached hydrogen (secondary N) is 1. The van der Waals surface area contributed by atoms with E-state index in [1.807, 2.05) is 37.3 Å². The van der Waals surface area contributed by atoms with E-state index >= 15 is 0 Å². The maximum atomic E-state index is 13.7. The Labute approximate surface area is 272 Å². The van der Waals surface area contributed by atoms with E-state index in [-0.39, 0.29) is 22.6 Å². The van der Waals surface area contributed by atoms with Crippen molar-refractivity contribution in [1.29, 1.82) is 0 Å². The molecule has 1 N–H and O–H groups in total. The number of hydrogen-bond donors (Lipinski definition) is 1. The van der Waals surface area contributed by atoms with Gasteiger partial charge in [-0.1, -0.05) is 53.5 Å². The van der Waals surface area contributed by atoms with E-state index in [1.54, 1.807) is 18.2 Å². The third-order valence-corrected chi connectivity index (χ3v) is 10.5. The number of halogens is 2. The molecule has 0 radical (unpaired) electrons. The van der Waals surface area contributed by atoms with Crippen molar-refractivity contribution < 1.29 is 23.9 Å². The van der Waals surface area contributed by atoms with Crippen molar-refractivity contribution in [2.75, 3.05) is 11.5 Å². The molecule has 3 aromatic rings. The average Bonchev–Trinajstić information content (AvgIpc) is 2.99. The van der Waals surface area contributed by atoms with Crippen LogP contribution in [0.3, 0.4) is 0 Å². The maximum absolute atomic E-state index is 13.7. The van der Waals surface area contributed by atoms with Gasteiger partial charge in [-0.25, -0.2) is 9.69 Å². The molecule has 1 aliphatic heterocycles. The standard InChI is InChI=1S/C36H34Cl2N2O5/c1-2-44-31-16-21(15-30(38)32(31)45-20-25-5-3-4-6-29(25)37)14-28-33(41)39-35(43)40(34(28)42)27-9-7-26(8-10-27)36-17-22-11-23(18-36)13-24(12-22)19-36/h3-10,14-16,22-24H,2,11-13,17-20H2,1H3,(H,39,41,43)/b28-14+. The Kier molecular flexibility index (Phi) is 7.86. The minimum absolute atomic E-state index is 0.166. The van der Waals surface area contributed by atoms with Crippen molar-refractivity contribution in [2.24, 2.45) is 17.8 Å². The largest absolute Gasteiger partial charge is 0.490 e. The molecule has 9 heteroatoms. The highest BCUT2D eigenvalue weighted by molar-refractivity contribution is 6.39. The number of amides is 4. The van der Waals surface area contributed by atoms with Crippen molar-refractivity contribution in [3.8, 4) is 11.5 Å². The summed E-state index contributed by atoms with van der Waals surface area (Å²) >= 11 is 12.9. The summed E-state index contributed by atoms with van der Waals surface area (Å²) in [5, 5.41) is 3.12. The normalized spacial score (nSPS) is 26.4. The number of urea groups is 1. The summed E-state index contributed by atoms with van der Waals surface area (Å²) < 4.78 is 11.8. The highest BCUT2D eigenvalue weighted by Crippen LogP contribution is 2.60. The van der Waals surface area contributed by atoms with Gasteiger partial charge in [0.15, 0.2) is 11.5 Å². The summed E-state index contributed by atoms with van der Waals surface area (Å²) in [5.74, 6) is 1.60. The van der Waals surface area contributed by atoms with E-state index in [4.69, 9.17) is 32.7 Å². The molecule has 5 fully saturated rings. The minimum Gasteiger partial charge on any atom is -0.490 e. The molecule has 7 nitrogen and oxygen atoms in total. The molecule has 5 aliphatic rings. The summed E-state index contributed by atoms with van der Waals surface area (Å²) in [7, 11) is 0. The van der Waals surface area contributed by atoms with E-state index in [0.717, 1.165) is 28.2 Å². The Morgan fingerprint density at radius 3 is 2.20 bits per heavy atom. The number of carbonyl (C=O) groups excluding carboxylic acids is 3. The van der Waals surface area contributed by atoms with Crippen LogP contribution in [0.25, 0.3) is 6.08 Å². The maximum Gasteiger partial charge on any atom is 0.335 e. The van der Waals surface area contributed by atoms with E-state index in [0.29, 0.717) is 34.4 Å². The summed E-state index contributed by atoms with van der Waals surface area (Å²) in [5.41, 5.74) is 2.94. The van der Waals surface area contributed by atoms with Crippen LogP contribution in [0.15, 0.2) is 66.2 Å². The molecule has 8 rings (SSSR count). The summed E-state index contributed by atoms with van der Waals surface area (Å²) in [6.07, 6.45) is 9.15. The van der Waals surface area contributed by atoms with Crippen molar-refractivity contribution in [3.63, 3.8) is 0 Å². The van der Waals surface area contributed by atoms with E-state index < -0.39 is 17.8 Å². The van der Waals surface area contributed by atoms with Crippen LogP contribution >= 0.6 is 23.2 Å². The number of rotatable bonds is 8. The van der Waals surface area contributed by atoms with E-state index in [1.165, 1.54) is 50.2 Å². The monoisotopic (exact) mass is 644 g/mol. The predicted molar refractivity (Wildman–Crippen MR) is 174 cm³/mol. The van der Waals surface area contributed by atoms with Crippen molar-refractivity contribution in [1.82, 2.24) is 5.32 Å². The van der Waals surface area contributed by atoms with Gasteiger partial charge in [-0.2, -0.15) is 0 Å². The molecule has 0 spiro atoms. The number of carbonyl (C=O) groups is 3. The molecule has 0 aromatic heterocycles. The summed E-state index contributed by atoms with van der Waals surface area (Å²) in [4.78, 5) is 40.6. The molecule has 4 aliphatic carbocycles. The molecule has 4 saturated carbocycles. The van der Waals surface area contributed by atoms with Crippen LogP contribution in [0.5, 0.6) is 11.5 Å². The quantitative estimate of drug-likeness (QED) is 0.198. The third-order valence-electron chi connectivity index (χ3n) is 9.85. The lowest BCUT2D eigenvalue weighted by molar-refractivity contribution is -0.122. The van der Waals surface area contributed by atoms with Gasteiger partial charge in [-0.3, -0.25) is 14.9 Å². The number of hydrogen-bond acceptors (Lipinski definition) is 5. The summed E-state index contributed by atoms with van der Waals surface area (Å²) in [6, 6.07) is 17.6. The van der Waals surface area contributed by atoms with Gasteiger partial charge in [0.25, 0.3) is 11.8 Å². The molecule has 45 heavy (non-hydrogen) atoms. The fourth-order valence-corrected chi connectivity index (χ4v) is 8.79. The minimum atomic E-state index is -0.778.